The lowest BCUT2D eigenvalue weighted by Crippen LogP contribution is -2.04. The molecule has 0 radical (unpaired) electrons. The minimum atomic E-state index is 0.395. The molecular formula is C18H18ClN3OS. The average Bonchev–Trinajstić information content (AvgIpc) is 2.92. The van der Waals surface area contributed by atoms with Gasteiger partial charge in [-0.3, -0.25) is 0 Å². The molecule has 0 saturated carbocycles. The van der Waals surface area contributed by atoms with E-state index in [0.717, 1.165) is 38.6 Å². The molecule has 0 aliphatic heterocycles. The highest BCUT2D eigenvalue weighted by molar-refractivity contribution is 7.98. The Kier molecular flexibility index (Phi) is 5.43. The maximum atomic E-state index is 6.02. The summed E-state index contributed by atoms with van der Waals surface area (Å²) in [5.41, 5.74) is 2.27. The van der Waals surface area contributed by atoms with Gasteiger partial charge in [-0.25, -0.2) is 0 Å². The van der Waals surface area contributed by atoms with Crippen molar-refractivity contribution in [2.75, 3.05) is 0 Å². The molecule has 0 atom stereocenters. The molecule has 0 aliphatic carbocycles. The first kappa shape index (κ1) is 16.9. The summed E-state index contributed by atoms with van der Waals surface area (Å²) in [5, 5.41) is 10.1. The van der Waals surface area contributed by atoms with Crippen molar-refractivity contribution in [2.45, 2.75) is 24.4 Å². The van der Waals surface area contributed by atoms with Crippen molar-refractivity contribution in [2.24, 2.45) is 7.05 Å². The number of nitrogens with zero attached hydrogens (tertiary/aromatic N) is 3. The summed E-state index contributed by atoms with van der Waals surface area (Å²) in [4.78, 5) is 0. The second kappa shape index (κ2) is 7.73. The summed E-state index contributed by atoms with van der Waals surface area (Å²) >= 11 is 7.64. The topological polar surface area (TPSA) is 39.9 Å². The summed E-state index contributed by atoms with van der Waals surface area (Å²) < 4.78 is 7.81. The molecule has 0 N–H and O–H groups in total. The van der Waals surface area contributed by atoms with Gasteiger partial charge in [-0.15, -0.1) is 10.2 Å². The van der Waals surface area contributed by atoms with Gasteiger partial charge in [-0.2, -0.15) is 0 Å². The summed E-state index contributed by atoms with van der Waals surface area (Å²) in [7, 11) is 1.96. The van der Waals surface area contributed by atoms with Gasteiger partial charge in [-0.1, -0.05) is 53.7 Å². The Hall–Kier alpha value is -1.98. The Morgan fingerprint density at radius 1 is 1.12 bits per heavy atom. The molecule has 0 saturated heterocycles. The molecule has 0 amide bonds. The highest BCUT2D eigenvalue weighted by Gasteiger charge is 2.10. The predicted octanol–water partition coefficient (Wildman–Crippen LogP) is 4.65. The van der Waals surface area contributed by atoms with Gasteiger partial charge in [0.25, 0.3) is 0 Å². The zero-order chi connectivity index (χ0) is 16.9. The van der Waals surface area contributed by atoms with Crippen LogP contribution in [-0.4, -0.2) is 14.8 Å². The number of hydrogen-bond acceptors (Lipinski definition) is 4. The zero-order valence-electron chi connectivity index (χ0n) is 13.6. The monoisotopic (exact) mass is 359 g/mol. The number of rotatable bonds is 6. The molecule has 1 aromatic heterocycles. The second-order valence-corrected chi connectivity index (χ2v) is 6.81. The lowest BCUT2D eigenvalue weighted by molar-refractivity contribution is 0.288. The van der Waals surface area contributed by atoms with Crippen LogP contribution in [0.3, 0.4) is 0 Å². The quantitative estimate of drug-likeness (QED) is 0.601. The van der Waals surface area contributed by atoms with E-state index < -0.39 is 0 Å². The van der Waals surface area contributed by atoms with Crippen molar-refractivity contribution in [3.8, 4) is 5.75 Å². The summed E-state index contributed by atoms with van der Waals surface area (Å²) in [5.74, 6) is 2.46. The number of thioether (sulfide) groups is 1. The summed E-state index contributed by atoms with van der Waals surface area (Å²) in [6.45, 7) is 2.42. The lowest BCUT2D eigenvalue weighted by atomic mass is 10.2. The van der Waals surface area contributed by atoms with Crippen molar-refractivity contribution in [1.29, 1.82) is 0 Å². The van der Waals surface area contributed by atoms with E-state index in [0.29, 0.717) is 6.61 Å². The third-order valence-electron chi connectivity index (χ3n) is 3.63. The number of halogens is 1. The largest absolute Gasteiger partial charge is 0.485 e. The Morgan fingerprint density at radius 2 is 1.96 bits per heavy atom. The molecule has 0 aliphatic rings. The number of aryl methyl sites for hydroxylation is 1. The van der Waals surface area contributed by atoms with E-state index in [1.54, 1.807) is 11.8 Å². The molecule has 1 heterocycles. The minimum Gasteiger partial charge on any atom is -0.485 e. The van der Waals surface area contributed by atoms with Gasteiger partial charge in [0.1, 0.15) is 12.4 Å². The Labute approximate surface area is 150 Å². The van der Waals surface area contributed by atoms with E-state index in [2.05, 4.69) is 16.3 Å². The highest BCUT2D eigenvalue weighted by Crippen LogP contribution is 2.23. The van der Waals surface area contributed by atoms with Crippen LogP contribution in [0.1, 0.15) is 17.0 Å². The Bertz CT molecular complexity index is 835. The van der Waals surface area contributed by atoms with Crippen LogP contribution in [-0.2, 0) is 19.4 Å². The number of para-hydroxylation sites is 1. The third-order valence-corrected chi connectivity index (χ3v) is 4.96. The first-order valence-electron chi connectivity index (χ1n) is 7.57. The first-order chi connectivity index (χ1) is 11.6. The molecule has 6 heteroatoms. The van der Waals surface area contributed by atoms with E-state index in [-0.39, 0.29) is 0 Å². The highest BCUT2D eigenvalue weighted by atomic mass is 35.5. The summed E-state index contributed by atoms with van der Waals surface area (Å²) in [6.07, 6.45) is 0. The SMILES string of the molecule is Cc1ccccc1OCc1nnc(SCc2cccc(Cl)c2)n1C. The Morgan fingerprint density at radius 3 is 2.75 bits per heavy atom. The van der Waals surface area contributed by atoms with Crippen LogP contribution < -0.4 is 4.74 Å². The van der Waals surface area contributed by atoms with Crippen LogP contribution in [0.4, 0.5) is 0 Å². The van der Waals surface area contributed by atoms with Crippen LogP contribution >= 0.6 is 23.4 Å². The molecule has 0 spiro atoms. The minimum absolute atomic E-state index is 0.395. The van der Waals surface area contributed by atoms with Crippen molar-refractivity contribution in [3.63, 3.8) is 0 Å². The van der Waals surface area contributed by atoms with Crippen molar-refractivity contribution in [1.82, 2.24) is 14.8 Å². The van der Waals surface area contributed by atoms with Gasteiger partial charge in [0, 0.05) is 17.8 Å². The predicted molar refractivity (Wildman–Crippen MR) is 97.5 cm³/mol. The maximum absolute atomic E-state index is 6.02. The summed E-state index contributed by atoms with van der Waals surface area (Å²) in [6, 6.07) is 15.8. The van der Waals surface area contributed by atoms with Crippen LogP contribution in [0.2, 0.25) is 5.02 Å². The van der Waals surface area contributed by atoms with Crippen molar-refractivity contribution >= 4 is 23.4 Å². The molecule has 3 rings (SSSR count). The van der Waals surface area contributed by atoms with Crippen molar-refractivity contribution < 1.29 is 4.74 Å². The number of aromatic nitrogens is 3. The molecule has 124 valence electrons. The molecule has 0 unspecified atom stereocenters. The smallest absolute Gasteiger partial charge is 0.191 e. The molecule has 0 bridgehead atoms. The number of benzene rings is 2. The number of hydrogen-bond donors (Lipinski definition) is 0. The zero-order valence-corrected chi connectivity index (χ0v) is 15.1. The maximum Gasteiger partial charge on any atom is 0.191 e. The molecule has 2 aromatic carbocycles. The van der Waals surface area contributed by atoms with Crippen LogP contribution in [0, 0.1) is 6.92 Å². The normalized spacial score (nSPS) is 10.8. The lowest BCUT2D eigenvalue weighted by Gasteiger charge is -2.08. The van der Waals surface area contributed by atoms with Gasteiger partial charge >= 0.3 is 0 Å². The van der Waals surface area contributed by atoms with E-state index in [9.17, 15) is 0 Å². The molecule has 4 nitrogen and oxygen atoms in total. The first-order valence-corrected chi connectivity index (χ1v) is 8.94. The molecule has 24 heavy (non-hydrogen) atoms. The van der Waals surface area contributed by atoms with E-state index in [1.807, 2.05) is 61.0 Å². The van der Waals surface area contributed by atoms with E-state index in [4.69, 9.17) is 16.3 Å². The fourth-order valence-electron chi connectivity index (χ4n) is 2.23. The molecular weight excluding hydrogens is 342 g/mol. The fraction of sp³-hybridized carbons (Fsp3) is 0.222. The van der Waals surface area contributed by atoms with E-state index in [1.165, 1.54) is 0 Å². The van der Waals surface area contributed by atoms with Gasteiger partial charge in [0.15, 0.2) is 11.0 Å². The standard InChI is InChI=1S/C18H18ClN3OS/c1-13-6-3-4-9-16(13)23-11-17-20-21-18(22(17)2)24-12-14-7-5-8-15(19)10-14/h3-10H,11-12H2,1-2H3. The third kappa shape index (κ3) is 4.10. The van der Waals surface area contributed by atoms with Gasteiger partial charge < -0.3 is 9.30 Å². The van der Waals surface area contributed by atoms with Crippen LogP contribution in [0.5, 0.6) is 5.75 Å². The molecule has 3 aromatic rings. The van der Waals surface area contributed by atoms with Gasteiger partial charge in [-0.05, 0) is 36.2 Å². The Balaban J connectivity index is 1.62. The van der Waals surface area contributed by atoms with Gasteiger partial charge in [0.05, 0.1) is 0 Å². The van der Waals surface area contributed by atoms with Crippen LogP contribution in [0.25, 0.3) is 0 Å². The van der Waals surface area contributed by atoms with Crippen LogP contribution in [0.15, 0.2) is 53.7 Å². The fourth-order valence-corrected chi connectivity index (χ4v) is 3.32. The second-order valence-electron chi connectivity index (χ2n) is 5.43. The molecule has 0 fully saturated rings. The van der Waals surface area contributed by atoms with E-state index >= 15 is 0 Å². The average molecular weight is 360 g/mol. The van der Waals surface area contributed by atoms with Gasteiger partial charge in [0.2, 0.25) is 0 Å². The number of ether oxygens (including phenoxy) is 1. The van der Waals surface area contributed by atoms with Crippen molar-refractivity contribution in [3.05, 3.63) is 70.5 Å².